The lowest BCUT2D eigenvalue weighted by Crippen LogP contribution is -2.44. The highest BCUT2D eigenvalue weighted by molar-refractivity contribution is 6.35. The van der Waals surface area contributed by atoms with E-state index in [0.29, 0.717) is 10.0 Å². The topological polar surface area (TPSA) is 15.3 Å². The van der Waals surface area contributed by atoms with Crippen molar-refractivity contribution in [2.24, 2.45) is 0 Å². The van der Waals surface area contributed by atoms with E-state index < -0.39 is 0 Å². The summed E-state index contributed by atoms with van der Waals surface area (Å²) in [7, 11) is 0. The standard InChI is InChI=1S/C13H16Cl2N2/c1-2-13(17-7-5-16-6-8-17)11-4-3-10(14)9-12(11)15/h2-4,9,13,16H,1,5-8H2/t13-/m0/s1. The number of halogens is 2. The van der Waals surface area contributed by atoms with Crippen molar-refractivity contribution in [3.8, 4) is 0 Å². The van der Waals surface area contributed by atoms with Crippen molar-refractivity contribution in [2.45, 2.75) is 6.04 Å². The Labute approximate surface area is 112 Å². The summed E-state index contributed by atoms with van der Waals surface area (Å²) in [5.74, 6) is 0. The third kappa shape index (κ3) is 3.02. The molecule has 1 atom stereocenters. The van der Waals surface area contributed by atoms with Gasteiger partial charge in [-0.2, -0.15) is 0 Å². The molecule has 0 aromatic heterocycles. The molecular formula is C13H16Cl2N2. The van der Waals surface area contributed by atoms with E-state index in [1.807, 2.05) is 18.2 Å². The van der Waals surface area contributed by atoms with Gasteiger partial charge in [0.1, 0.15) is 0 Å². The summed E-state index contributed by atoms with van der Waals surface area (Å²) in [4.78, 5) is 2.37. The highest BCUT2D eigenvalue weighted by Crippen LogP contribution is 2.30. The van der Waals surface area contributed by atoms with Gasteiger partial charge in [-0.3, -0.25) is 4.90 Å². The lowest BCUT2D eigenvalue weighted by Gasteiger charge is -2.33. The molecule has 0 amide bonds. The summed E-state index contributed by atoms with van der Waals surface area (Å²) >= 11 is 12.2. The maximum Gasteiger partial charge on any atom is 0.0544 e. The van der Waals surface area contributed by atoms with Gasteiger partial charge in [0, 0.05) is 36.2 Å². The van der Waals surface area contributed by atoms with Crippen molar-refractivity contribution < 1.29 is 0 Å². The van der Waals surface area contributed by atoms with Gasteiger partial charge in [0.05, 0.1) is 6.04 Å². The van der Waals surface area contributed by atoms with Crippen molar-refractivity contribution >= 4 is 23.2 Å². The van der Waals surface area contributed by atoms with E-state index >= 15 is 0 Å². The zero-order chi connectivity index (χ0) is 12.3. The Morgan fingerprint density at radius 2 is 2.00 bits per heavy atom. The minimum absolute atomic E-state index is 0.168. The molecule has 2 rings (SSSR count). The molecule has 92 valence electrons. The van der Waals surface area contributed by atoms with Crippen molar-refractivity contribution in [1.82, 2.24) is 10.2 Å². The number of piperazine rings is 1. The van der Waals surface area contributed by atoms with Crippen LogP contribution in [0.25, 0.3) is 0 Å². The second kappa shape index (κ2) is 5.87. The zero-order valence-electron chi connectivity index (χ0n) is 9.63. The Balaban J connectivity index is 2.24. The molecule has 0 aliphatic carbocycles. The summed E-state index contributed by atoms with van der Waals surface area (Å²) in [5.41, 5.74) is 1.08. The summed E-state index contributed by atoms with van der Waals surface area (Å²) in [6.07, 6.45) is 1.94. The maximum atomic E-state index is 6.25. The van der Waals surface area contributed by atoms with E-state index in [-0.39, 0.29) is 6.04 Å². The van der Waals surface area contributed by atoms with E-state index in [9.17, 15) is 0 Å². The van der Waals surface area contributed by atoms with Crippen LogP contribution in [0.2, 0.25) is 10.0 Å². The fourth-order valence-corrected chi connectivity index (χ4v) is 2.69. The van der Waals surface area contributed by atoms with Gasteiger partial charge in [0.25, 0.3) is 0 Å². The Hall–Kier alpha value is -0.540. The zero-order valence-corrected chi connectivity index (χ0v) is 11.1. The first kappa shape index (κ1) is 12.9. The van der Waals surface area contributed by atoms with Crippen LogP contribution < -0.4 is 5.32 Å². The molecule has 2 nitrogen and oxygen atoms in total. The van der Waals surface area contributed by atoms with E-state index in [0.717, 1.165) is 31.7 Å². The molecule has 1 aliphatic rings. The SMILES string of the molecule is C=C[C@@H](c1ccc(Cl)cc1Cl)N1CCNCC1. The van der Waals surface area contributed by atoms with Crippen LogP contribution in [-0.2, 0) is 0 Å². The third-order valence-electron chi connectivity index (χ3n) is 3.05. The molecule has 1 N–H and O–H groups in total. The predicted octanol–water partition coefficient (Wildman–Crippen LogP) is 3.13. The first-order valence-electron chi connectivity index (χ1n) is 5.74. The summed E-state index contributed by atoms with van der Waals surface area (Å²) in [5, 5.41) is 4.72. The van der Waals surface area contributed by atoms with Crippen LogP contribution in [0.1, 0.15) is 11.6 Å². The van der Waals surface area contributed by atoms with Gasteiger partial charge in [-0.05, 0) is 17.7 Å². The van der Waals surface area contributed by atoms with E-state index in [1.165, 1.54) is 0 Å². The summed E-state index contributed by atoms with van der Waals surface area (Å²) < 4.78 is 0. The monoisotopic (exact) mass is 270 g/mol. The van der Waals surface area contributed by atoms with E-state index in [1.54, 1.807) is 6.07 Å². The molecule has 1 aromatic carbocycles. The van der Waals surface area contributed by atoms with Gasteiger partial charge >= 0.3 is 0 Å². The van der Waals surface area contributed by atoms with E-state index in [2.05, 4.69) is 16.8 Å². The fraction of sp³-hybridized carbons (Fsp3) is 0.385. The van der Waals surface area contributed by atoms with Crippen LogP contribution in [0.4, 0.5) is 0 Å². The molecule has 1 saturated heterocycles. The quantitative estimate of drug-likeness (QED) is 0.850. The van der Waals surface area contributed by atoms with Gasteiger partial charge in [-0.25, -0.2) is 0 Å². The lowest BCUT2D eigenvalue weighted by atomic mass is 10.0. The molecule has 4 heteroatoms. The van der Waals surface area contributed by atoms with Crippen LogP contribution in [0.5, 0.6) is 0 Å². The van der Waals surface area contributed by atoms with Gasteiger partial charge in [-0.1, -0.05) is 35.3 Å². The van der Waals surface area contributed by atoms with Gasteiger partial charge in [0.2, 0.25) is 0 Å². The summed E-state index contributed by atoms with van der Waals surface area (Å²) in [6, 6.07) is 5.82. The second-order valence-corrected chi connectivity index (χ2v) is 4.98. The maximum absolute atomic E-state index is 6.25. The number of hydrogen-bond acceptors (Lipinski definition) is 2. The molecule has 0 saturated carbocycles. The first-order valence-corrected chi connectivity index (χ1v) is 6.50. The van der Waals surface area contributed by atoms with Crippen LogP contribution >= 0.6 is 23.2 Å². The molecule has 1 aromatic rings. The molecule has 1 aliphatic heterocycles. The smallest absolute Gasteiger partial charge is 0.0544 e. The molecule has 1 fully saturated rings. The number of nitrogens with one attached hydrogen (secondary N) is 1. The number of nitrogens with zero attached hydrogens (tertiary/aromatic N) is 1. The largest absolute Gasteiger partial charge is 0.314 e. The number of rotatable bonds is 3. The van der Waals surface area contributed by atoms with Crippen LogP contribution in [0.15, 0.2) is 30.9 Å². The molecule has 0 radical (unpaired) electrons. The minimum atomic E-state index is 0.168. The molecular weight excluding hydrogens is 255 g/mol. The van der Waals surface area contributed by atoms with Crippen LogP contribution in [-0.4, -0.2) is 31.1 Å². The highest BCUT2D eigenvalue weighted by Gasteiger charge is 2.21. The lowest BCUT2D eigenvalue weighted by molar-refractivity contribution is 0.203. The highest BCUT2D eigenvalue weighted by atomic mass is 35.5. The number of hydrogen-bond donors (Lipinski definition) is 1. The van der Waals surface area contributed by atoms with Gasteiger partial charge in [0.15, 0.2) is 0 Å². The Morgan fingerprint density at radius 1 is 1.29 bits per heavy atom. The average molecular weight is 271 g/mol. The van der Waals surface area contributed by atoms with Crippen LogP contribution in [0, 0.1) is 0 Å². The van der Waals surface area contributed by atoms with Crippen molar-refractivity contribution in [1.29, 1.82) is 0 Å². The molecule has 0 unspecified atom stereocenters. The minimum Gasteiger partial charge on any atom is -0.314 e. The second-order valence-electron chi connectivity index (χ2n) is 4.13. The Bertz CT molecular complexity index is 400. The molecule has 1 heterocycles. The average Bonchev–Trinajstić information content (AvgIpc) is 2.34. The Kier molecular flexibility index (Phi) is 4.46. The predicted molar refractivity (Wildman–Crippen MR) is 73.8 cm³/mol. The van der Waals surface area contributed by atoms with Crippen LogP contribution in [0.3, 0.4) is 0 Å². The van der Waals surface area contributed by atoms with Crippen molar-refractivity contribution in [3.05, 3.63) is 46.5 Å². The Morgan fingerprint density at radius 3 is 2.59 bits per heavy atom. The first-order chi connectivity index (χ1) is 8.22. The summed E-state index contributed by atoms with van der Waals surface area (Å²) in [6.45, 7) is 7.96. The van der Waals surface area contributed by atoms with E-state index in [4.69, 9.17) is 23.2 Å². The molecule has 0 bridgehead atoms. The van der Waals surface area contributed by atoms with Crippen molar-refractivity contribution in [2.75, 3.05) is 26.2 Å². The van der Waals surface area contributed by atoms with Gasteiger partial charge < -0.3 is 5.32 Å². The third-order valence-corrected chi connectivity index (χ3v) is 3.61. The normalized spacial score (nSPS) is 18.9. The number of benzene rings is 1. The molecule has 17 heavy (non-hydrogen) atoms. The fourth-order valence-electron chi connectivity index (χ4n) is 2.17. The molecule has 0 spiro atoms. The van der Waals surface area contributed by atoms with Crippen molar-refractivity contribution in [3.63, 3.8) is 0 Å². The van der Waals surface area contributed by atoms with Gasteiger partial charge in [-0.15, -0.1) is 6.58 Å².